The number of nitrogens with zero attached hydrogens (tertiary/aromatic N) is 2. The van der Waals surface area contributed by atoms with Crippen LogP contribution < -0.4 is 10.5 Å². The first-order valence-electron chi connectivity index (χ1n) is 8.08. The lowest BCUT2D eigenvalue weighted by atomic mass is 9.63. The molecule has 3 N–H and O–H groups in total. The van der Waals surface area contributed by atoms with E-state index in [-0.39, 0.29) is 5.88 Å². The van der Waals surface area contributed by atoms with Gasteiger partial charge < -0.3 is 19.9 Å². The number of nitriles is 1. The molecule has 2 spiro atoms. The van der Waals surface area contributed by atoms with Gasteiger partial charge >= 0.3 is 0 Å². The highest BCUT2D eigenvalue weighted by Gasteiger charge is 2.53. The molecule has 1 aromatic heterocycles. The Morgan fingerprint density at radius 1 is 1.26 bits per heavy atom. The topological polar surface area (TPSA) is 106 Å². The molecule has 0 radical (unpaired) electrons. The minimum absolute atomic E-state index is 0.165. The number of aryl methyl sites for hydroxylation is 1. The first-order chi connectivity index (χ1) is 11.1. The van der Waals surface area contributed by atoms with Crippen LogP contribution in [0.25, 0.3) is 0 Å². The first kappa shape index (κ1) is 14.5. The molecule has 2 aliphatic heterocycles. The van der Waals surface area contributed by atoms with Crippen molar-refractivity contribution in [1.29, 1.82) is 5.26 Å². The maximum atomic E-state index is 9.70. The third-order valence-corrected chi connectivity index (χ3v) is 5.36. The number of nitrogens with two attached hydrogens (primary N) is 1. The molecule has 3 heterocycles. The van der Waals surface area contributed by atoms with Crippen molar-refractivity contribution in [3.63, 3.8) is 0 Å². The number of ether oxygens (including phenoxy) is 3. The Labute approximate surface area is 134 Å². The first-order valence-corrected chi connectivity index (χ1v) is 8.08. The Morgan fingerprint density at radius 3 is 2.57 bits per heavy atom. The summed E-state index contributed by atoms with van der Waals surface area (Å²) in [5.41, 5.74) is 8.07. The third-order valence-electron chi connectivity index (χ3n) is 5.36. The van der Waals surface area contributed by atoms with E-state index < -0.39 is 11.2 Å². The highest BCUT2D eigenvalue weighted by Crippen LogP contribution is 2.55. The standard InChI is InChI=1S/C16H20N4O3/c1-2-11-12-14(20-19-11)23-13(18)10(9-17)15(12)3-5-16(6-4-15)21-7-8-22-16/h2-8,18H2,1H3,(H,19,20). The van der Waals surface area contributed by atoms with E-state index in [1.54, 1.807) is 0 Å². The van der Waals surface area contributed by atoms with Crippen molar-refractivity contribution in [2.45, 2.75) is 50.2 Å². The molecule has 4 rings (SSSR count). The number of aromatic amines is 1. The van der Waals surface area contributed by atoms with Gasteiger partial charge in [-0.3, -0.25) is 5.10 Å². The molecule has 0 bridgehead atoms. The summed E-state index contributed by atoms with van der Waals surface area (Å²) < 4.78 is 17.3. The van der Waals surface area contributed by atoms with Gasteiger partial charge in [-0.15, -0.1) is 5.10 Å². The second kappa shape index (κ2) is 4.98. The highest BCUT2D eigenvalue weighted by atomic mass is 16.7. The quantitative estimate of drug-likeness (QED) is 0.815. The van der Waals surface area contributed by atoms with Crippen molar-refractivity contribution < 1.29 is 14.2 Å². The van der Waals surface area contributed by atoms with Crippen LogP contribution in [-0.4, -0.2) is 29.2 Å². The second-order valence-electron chi connectivity index (χ2n) is 6.38. The van der Waals surface area contributed by atoms with Crippen LogP contribution in [0.15, 0.2) is 11.5 Å². The van der Waals surface area contributed by atoms with Crippen molar-refractivity contribution in [3.8, 4) is 11.9 Å². The molecule has 0 aromatic carbocycles. The molecule has 1 saturated carbocycles. The van der Waals surface area contributed by atoms with E-state index >= 15 is 0 Å². The van der Waals surface area contributed by atoms with E-state index in [9.17, 15) is 5.26 Å². The van der Waals surface area contributed by atoms with Crippen LogP contribution in [0.1, 0.15) is 43.9 Å². The van der Waals surface area contributed by atoms with Gasteiger partial charge in [-0.05, 0) is 19.3 Å². The summed E-state index contributed by atoms with van der Waals surface area (Å²) in [4.78, 5) is 0. The van der Waals surface area contributed by atoms with Gasteiger partial charge in [0.15, 0.2) is 5.79 Å². The van der Waals surface area contributed by atoms with Gasteiger partial charge in [-0.1, -0.05) is 6.92 Å². The molecule has 2 fully saturated rings. The van der Waals surface area contributed by atoms with Crippen molar-refractivity contribution in [2.75, 3.05) is 13.2 Å². The Hall–Kier alpha value is -2.04. The number of rotatable bonds is 1. The van der Waals surface area contributed by atoms with Crippen molar-refractivity contribution >= 4 is 0 Å². The fraction of sp³-hybridized carbons (Fsp3) is 0.625. The lowest BCUT2D eigenvalue weighted by Gasteiger charge is -2.45. The number of hydrogen-bond acceptors (Lipinski definition) is 6. The predicted molar refractivity (Wildman–Crippen MR) is 80.2 cm³/mol. The number of nitrogens with one attached hydrogen (secondary N) is 1. The van der Waals surface area contributed by atoms with Crippen LogP contribution in [0.4, 0.5) is 0 Å². The molecule has 7 heteroatoms. The number of hydrogen-bond donors (Lipinski definition) is 2. The highest BCUT2D eigenvalue weighted by molar-refractivity contribution is 5.54. The van der Waals surface area contributed by atoms with Gasteiger partial charge in [0.2, 0.25) is 11.8 Å². The van der Waals surface area contributed by atoms with E-state index in [0.717, 1.165) is 43.4 Å². The molecule has 1 aliphatic carbocycles. The second-order valence-corrected chi connectivity index (χ2v) is 6.38. The molecule has 122 valence electrons. The molecule has 7 nitrogen and oxygen atoms in total. The summed E-state index contributed by atoms with van der Waals surface area (Å²) in [5.74, 6) is 0.177. The van der Waals surface area contributed by atoms with Crippen LogP contribution >= 0.6 is 0 Å². The number of aromatic nitrogens is 2. The predicted octanol–water partition coefficient (Wildman–Crippen LogP) is 1.61. The van der Waals surface area contributed by atoms with Gasteiger partial charge in [0.05, 0.1) is 13.2 Å². The third kappa shape index (κ3) is 1.92. The molecule has 0 amide bonds. The summed E-state index contributed by atoms with van der Waals surface area (Å²) in [7, 11) is 0. The zero-order valence-electron chi connectivity index (χ0n) is 13.1. The maximum Gasteiger partial charge on any atom is 0.244 e. The maximum absolute atomic E-state index is 9.70. The minimum atomic E-state index is -0.491. The molecule has 1 saturated heterocycles. The molecule has 3 aliphatic rings. The lowest BCUT2D eigenvalue weighted by Crippen LogP contribution is -2.45. The minimum Gasteiger partial charge on any atom is -0.420 e. The molecular weight excluding hydrogens is 296 g/mol. The fourth-order valence-corrected chi connectivity index (χ4v) is 4.20. The van der Waals surface area contributed by atoms with E-state index in [4.69, 9.17) is 19.9 Å². The normalized spacial score (nSPS) is 24.5. The SMILES string of the molecule is CCc1[nH]nc2c1C1(CCC3(CC1)OCCO3)C(C#N)=C(N)O2. The van der Waals surface area contributed by atoms with Crippen LogP contribution in [0.5, 0.6) is 5.88 Å². The Morgan fingerprint density at radius 2 is 1.96 bits per heavy atom. The lowest BCUT2D eigenvalue weighted by molar-refractivity contribution is -0.183. The van der Waals surface area contributed by atoms with Crippen LogP contribution in [0.2, 0.25) is 0 Å². The van der Waals surface area contributed by atoms with Crippen LogP contribution in [-0.2, 0) is 21.3 Å². The van der Waals surface area contributed by atoms with Gasteiger partial charge in [-0.2, -0.15) is 5.26 Å². The van der Waals surface area contributed by atoms with E-state index in [1.165, 1.54) is 0 Å². The smallest absolute Gasteiger partial charge is 0.244 e. The molecular formula is C16H20N4O3. The number of H-pyrrole nitrogens is 1. The largest absolute Gasteiger partial charge is 0.420 e. The molecule has 1 aromatic rings. The van der Waals surface area contributed by atoms with Crippen LogP contribution in [0.3, 0.4) is 0 Å². The van der Waals surface area contributed by atoms with Gasteiger partial charge in [0, 0.05) is 29.5 Å². The summed E-state index contributed by atoms with van der Waals surface area (Å²) >= 11 is 0. The Kier molecular flexibility index (Phi) is 3.15. The fourth-order valence-electron chi connectivity index (χ4n) is 4.20. The van der Waals surface area contributed by atoms with Crippen molar-refractivity contribution in [2.24, 2.45) is 5.73 Å². The molecule has 0 unspecified atom stereocenters. The molecule has 23 heavy (non-hydrogen) atoms. The van der Waals surface area contributed by atoms with Crippen molar-refractivity contribution in [3.05, 3.63) is 22.7 Å². The summed E-state index contributed by atoms with van der Waals surface area (Å²) in [6.45, 7) is 3.33. The van der Waals surface area contributed by atoms with Crippen LogP contribution in [0, 0.1) is 11.3 Å². The van der Waals surface area contributed by atoms with E-state index in [2.05, 4.69) is 23.2 Å². The summed E-state index contributed by atoms with van der Waals surface area (Å²) in [6.07, 6.45) is 3.74. The monoisotopic (exact) mass is 316 g/mol. The zero-order valence-corrected chi connectivity index (χ0v) is 13.1. The zero-order chi connectivity index (χ0) is 16.1. The van der Waals surface area contributed by atoms with E-state index in [0.29, 0.717) is 24.7 Å². The van der Waals surface area contributed by atoms with E-state index in [1.807, 2.05) is 0 Å². The average Bonchev–Trinajstić information content (AvgIpc) is 3.18. The number of allylic oxidation sites excluding steroid dienone is 1. The van der Waals surface area contributed by atoms with Gasteiger partial charge in [0.1, 0.15) is 11.6 Å². The van der Waals surface area contributed by atoms with Crippen molar-refractivity contribution in [1.82, 2.24) is 10.2 Å². The molecule has 0 atom stereocenters. The summed E-state index contributed by atoms with van der Waals surface area (Å²) in [5, 5.41) is 17.0. The Bertz CT molecular complexity index is 699. The summed E-state index contributed by atoms with van der Waals surface area (Å²) in [6, 6.07) is 2.28. The number of fused-ring (bicyclic) bond motifs is 2. The Balaban J connectivity index is 1.79. The van der Waals surface area contributed by atoms with Gasteiger partial charge in [-0.25, -0.2) is 0 Å². The average molecular weight is 316 g/mol. The van der Waals surface area contributed by atoms with Gasteiger partial charge in [0.25, 0.3) is 0 Å².